The number of anilines is 1. The zero-order valence-corrected chi connectivity index (χ0v) is 16.7. The van der Waals surface area contributed by atoms with Crippen LogP contribution in [0.25, 0.3) is 5.69 Å². The summed E-state index contributed by atoms with van der Waals surface area (Å²) >= 11 is 0. The van der Waals surface area contributed by atoms with Gasteiger partial charge in [0.15, 0.2) is 0 Å². The predicted octanol–water partition coefficient (Wildman–Crippen LogP) is 2.74. The number of nitrogens with one attached hydrogen (secondary N) is 1. The van der Waals surface area contributed by atoms with Crippen LogP contribution in [0.1, 0.15) is 29.8 Å². The number of halogens is 3. The molecule has 3 rings (SSSR count). The lowest BCUT2D eigenvalue weighted by atomic mass is 10.1. The Balaban J connectivity index is 1.74. The fourth-order valence-electron chi connectivity index (χ4n) is 2.93. The highest BCUT2D eigenvalue weighted by atomic mass is 19.4. The van der Waals surface area contributed by atoms with Crippen LogP contribution in [0.5, 0.6) is 5.75 Å². The van der Waals surface area contributed by atoms with E-state index in [2.05, 4.69) is 25.5 Å². The van der Waals surface area contributed by atoms with Crippen LogP contribution in [0.15, 0.2) is 43.0 Å². The van der Waals surface area contributed by atoms with Crippen molar-refractivity contribution in [2.24, 2.45) is 0 Å². The van der Waals surface area contributed by atoms with Crippen molar-refractivity contribution in [2.75, 3.05) is 18.4 Å². The van der Waals surface area contributed by atoms with Gasteiger partial charge in [0.25, 0.3) is 5.91 Å². The summed E-state index contributed by atoms with van der Waals surface area (Å²) in [4.78, 5) is 23.3. The van der Waals surface area contributed by atoms with Crippen molar-refractivity contribution in [1.29, 1.82) is 0 Å². The number of likely N-dealkylation sites (N-methyl/N-ethyl adjacent to an activating group) is 1. The average molecular weight is 435 g/mol. The normalized spacial score (nSPS) is 12.4. The third-order valence-corrected chi connectivity index (χ3v) is 4.51. The Kier molecular flexibility index (Phi) is 6.37. The molecule has 1 unspecified atom stereocenters. The fourth-order valence-corrected chi connectivity index (χ4v) is 2.93. The number of hydrogen-bond acceptors (Lipinski definition) is 7. The van der Waals surface area contributed by atoms with Crippen molar-refractivity contribution in [1.82, 2.24) is 29.9 Å². The number of aromatic nitrogens is 5. The minimum absolute atomic E-state index is 0.0226. The van der Waals surface area contributed by atoms with Gasteiger partial charge in [-0.3, -0.25) is 4.79 Å². The third kappa shape index (κ3) is 5.08. The lowest BCUT2D eigenvalue weighted by molar-refractivity contribution is -0.138. The zero-order valence-electron chi connectivity index (χ0n) is 16.7. The van der Waals surface area contributed by atoms with Gasteiger partial charge < -0.3 is 15.3 Å². The Hall–Kier alpha value is -3.70. The Labute approximate surface area is 175 Å². The molecule has 1 aromatic carbocycles. The zero-order chi connectivity index (χ0) is 22.6. The molecule has 12 heteroatoms. The fraction of sp³-hybridized carbons (Fsp3) is 0.316. The summed E-state index contributed by atoms with van der Waals surface area (Å²) in [5.41, 5.74) is -0.336. The Morgan fingerprint density at radius 3 is 2.45 bits per heavy atom. The molecule has 164 valence electrons. The van der Waals surface area contributed by atoms with Crippen LogP contribution >= 0.6 is 0 Å². The molecule has 0 aliphatic rings. The number of rotatable bonds is 7. The van der Waals surface area contributed by atoms with Gasteiger partial charge in [0.1, 0.15) is 11.4 Å². The third-order valence-electron chi connectivity index (χ3n) is 4.51. The largest absolute Gasteiger partial charge is 0.508 e. The number of phenols is 1. The molecule has 0 fully saturated rings. The molecule has 31 heavy (non-hydrogen) atoms. The molecule has 2 heterocycles. The van der Waals surface area contributed by atoms with Crippen LogP contribution in [-0.4, -0.2) is 60.0 Å². The minimum Gasteiger partial charge on any atom is -0.508 e. The summed E-state index contributed by atoms with van der Waals surface area (Å²) in [5, 5.41) is 20.7. The van der Waals surface area contributed by atoms with Gasteiger partial charge >= 0.3 is 6.18 Å². The molecule has 0 bridgehead atoms. The van der Waals surface area contributed by atoms with Gasteiger partial charge in [0, 0.05) is 37.6 Å². The number of alkyl halides is 3. The highest BCUT2D eigenvalue weighted by molar-refractivity contribution is 5.98. The van der Waals surface area contributed by atoms with E-state index in [4.69, 9.17) is 0 Å². The molecule has 2 aromatic heterocycles. The van der Waals surface area contributed by atoms with Crippen molar-refractivity contribution in [3.8, 4) is 11.4 Å². The van der Waals surface area contributed by atoms with Gasteiger partial charge in [-0.1, -0.05) is 0 Å². The first kappa shape index (κ1) is 22.0. The SMILES string of the molecule is CCN(C(=O)c1ccc(O)cc1-n1nccn1)C(C)CNc1ncc(C(F)(F)F)cn1. The maximum Gasteiger partial charge on any atom is 0.419 e. The van der Waals surface area contributed by atoms with E-state index in [1.807, 2.05) is 0 Å². The smallest absolute Gasteiger partial charge is 0.419 e. The molecule has 0 radical (unpaired) electrons. The second kappa shape index (κ2) is 8.98. The number of carbonyl (C=O) groups is 1. The Morgan fingerprint density at radius 1 is 1.23 bits per heavy atom. The summed E-state index contributed by atoms with van der Waals surface area (Å²) in [5.74, 6) is -0.340. The van der Waals surface area contributed by atoms with E-state index in [-0.39, 0.29) is 35.8 Å². The number of carbonyl (C=O) groups excluding carboxylic acids is 1. The van der Waals surface area contributed by atoms with Gasteiger partial charge in [0.2, 0.25) is 5.95 Å². The van der Waals surface area contributed by atoms with E-state index < -0.39 is 11.7 Å². The van der Waals surface area contributed by atoms with Crippen LogP contribution in [-0.2, 0) is 6.18 Å². The lowest BCUT2D eigenvalue weighted by Crippen LogP contribution is -2.42. The van der Waals surface area contributed by atoms with Gasteiger partial charge in [-0.2, -0.15) is 28.2 Å². The second-order valence-electron chi connectivity index (χ2n) is 6.63. The van der Waals surface area contributed by atoms with Crippen LogP contribution in [0, 0.1) is 0 Å². The summed E-state index contributed by atoms with van der Waals surface area (Å²) < 4.78 is 37.9. The lowest BCUT2D eigenvalue weighted by Gasteiger charge is -2.29. The van der Waals surface area contributed by atoms with E-state index in [0.29, 0.717) is 24.6 Å². The first-order valence-electron chi connectivity index (χ1n) is 9.34. The first-order chi connectivity index (χ1) is 14.7. The summed E-state index contributed by atoms with van der Waals surface area (Å²) in [7, 11) is 0. The highest BCUT2D eigenvalue weighted by Crippen LogP contribution is 2.28. The molecule has 0 aliphatic heterocycles. The van der Waals surface area contributed by atoms with Gasteiger partial charge in [-0.15, -0.1) is 0 Å². The molecule has 0 saturated heterocycles. The van der Waals surface area contributed by atoms with Crippen LogP contribution in [0.3, 0.4) is 0 Å². The van der Waals surface area contributed by atoms with Crippen LogP contribution in [0.4, 0.5) is 19.1 Å². The maximum absolute atomic E-state index is 13.2. The van der Waals surface area contributed by atoms with Gasteiger partial charge in [-0.25, -0.2) is 9.97 Å². The van der Waals surface area contributed by atoms with Crippen molar-refractivity contribution in [2.45, 2.75) is 26.1 Å². The van der Waals surface area contributed by atoms with Crippen LogP contribution in [0.2, 0.25) is 0 Å². The quantitative estimate of drug-likeness (QED) is 0.587. The minimum atomic E-state index is -4.51. The molecule has 3 aromatic rings. The summed E-state index contributed by atoms with van der Waals surface area (Å²) in [6, 6.07) is 3.92. The molecule has 0 saturated carbocycles. The summed E-state index contributed by atoms with van der Waals surface area (Å²) in [6.07, 6.45) is -0.216. The number of phenolic OH excluding ortho intramolecular Hbond substituents is 1. The van der Waals surface area contributed by atoms with E-state index >= 15 is 0 Å². The molecule has 0 spiro atoms. The van der Waals surface area contributed by atoms with Crippen molar-refractivity contribution >= 4 is 11.9 Å². The van der Waals surface area contributed by atoms with E-state index in [0.717, 1.165) is 0 Å². The second-order valence-corrected chi connectivity index (χ2v) is 6.63. The molecule has 9 nitrogen and oxygen atoms in total. The topological polar surface area (TPSA) is 109 Å². The van der Waals surface area contributed by atoms with Crippen molar-refractivity contribution < 1.29 is 23.1 Å². The molecule has 0 aliphatic carbocycles. The number of amides is 1. The number of benzene rings is 1. The molecular formula is C19H20F3N7O2. The van der Waals surface area contributed by atoms with Crippen LogP contribution < -0.4 is 5.32 Å². The standard InChI is InChI=1S/C19H20F3N7O2/c1-3-28(12(2)9-23-18-24-10-13(11-25-18)19(20,21)22)17(31)15-5-4-14(30)8-16(15)29-26-6-7-27-29/h4-8,10-12,30H,3,9H2,1-2H3,(H,23,24,25). The number of hydrogen-bond donors (Lipinski definition) is 2. The van der Waals surface area contributed by atoms with Gasteiger partial charge in [0.05, 0.1) is 23.5 Å². The highest BCUT2D eigenvalue weighted by Gasteiger charge is 2.31. The molecule has 1 amide bonds. The van der Waals surface area contributed by atoms with E-state index in [1.54, 1.807) is 18.7 Å². The van der Waals surface area contributed by atoms with E-state index in [1.165, 1.54) is 35.4 Å². The Bertz CT molecular complexity index is 1020. The predicted molar refractivity (Wildman–Crippen MR) is 105 cm³/mol. The monoisotopic (exact) mass is 435 g/mol. The average Bonchev–Trinajstić information content (AvgIpc) is 3.27. The molecule has 2 N–H and O–H groups in total. The Morgan fingerprint density at radius 2 is 1.87 bits per heavy atom. The van der Waals surface area contributed by atoms with E-state index in [9.17, 15) is 23.1 Å². The van der Waals surface area contributed by atoms with Crippen molar-refractivity contribution in [3.63, 3.8) is 0 Å². The van der Waals surface area contributed by atoms with Crippen molar-refractivity contribution in [3.05, 3.63) is 54.1 Å². The number of aromatic hydroxyl groups is 1. The van der Waals surface area contributed by atoms with Gasteiger partial charge in [-0.05, 0) is 26.0 Å². The first-order valence-corrected chi connectivity index (χ1v) is 9.34. The molecular weight excluding hydrogens is 415 g/mol. The maximum atomic E-state index is 13.2. The summed E-state index contributed by atoms with van der Waals surface area (Å²) in [6.45, 7) is 4.15. The number of nitrogens with zero attached hydrogens (tertiary/aromatic N) is 6. The molecule has 1 atom stereocenters.